The molecule has 0 spiro atoms. The number of aryl methyl sites for hydroxylation is 2. The number of hydrogen-bond acceptors (Lipinski definition) is 6. The van der Waals surface area contributed by atoms with Gasteiger partial charge in [-0.05, 0) is 50.1 Å². The predicted octanol–water partition coefficient (Wildman–Crippen LogP) is 4.07. The molecule has 1 aliphatic rings. The predicted molar refractivity (Wildman–Crippen MR) is 112 cm³/mol. The van der Waals surface area contributed by atoms with E-state index in [2.05, 4.69) is 20.6 Å². The Morgan fingerprint density at radius 2 is 2.00 bits per heavy atom. The molecule has 0 aliphatic heterocycles. The number of nitrogens with zero attached hydrogens (tertiary/aromatic N) is 4. The van der Waals surface area contributed by atoms with Gasteiger partial charge < -0.3 is 14.6 Å². The van der Waals surface area contributed by atoms with Crippen LogP contribution in [0.1, 0.15) is 40.5 Å². The molecule has 152 valence electrons. The Kier molecular flexibility index (Phi) is 4.27. The van der Waals surface area contributed by atoms with Gasteiger partial charge in [0.1, 0.15) is 11.4 Å². The topological polar surface area (TPSA) is 95.1 Å². The molecule has 8 heteroatoms. The van der Waals surface area contributed by atoms with Crippen molar-refractivity contribution in [3.63, 3.8) is 0 Å². The third-order valence-electron chi connectivity index (χ3n) is 5.43. The third-order valence-corrected chi connectivity index (χ3v) is 5.43. The lowest BCUT2D eigenvalue weighted by molar-refractivity contribution is 0.102. The largest absolute Gasteiger partial charge is 0.497 e. The third kappa shape index (κ3) is 3.20. The molecule has 0 atom stereocenters. The van der Waals surface area contributed by atoms with Gasteiger partial charge in [-0.2, -0.15) is 5.10 Å². The summed E-state index contributed by atoms with van der Waals surface area (Å²) in [5.41, 5.74) is 4.06. The number of carbonyl (C=O) groups excluding carboxylic acids is 1. The van der Waals surface area contributed by atoms with Crippen LogP contribution < -0.4 is 10.1 Å². The highest BCUT2D eigenvalue weighted by Gasteiger charge is 2.29. The Bertz CT molecular complexity index is 1230. The SMILES string of the molecule is COc1ccc(-c2noc3nc(C4CC4)cc(C(=O)Nc4cc(C)n(C)n4)c23)cc1. The standard InChI is InChI=1S/C22H21N5O3/c1-12-10-18(25-27(12)2)24-21(28)16-11-17(13-4-5-13)23-22-19(16)20(26-30-22)14-6-8-15(29-3)9-7-14/h6-11,13H,4-5H2,1-3H3,(H,24,25,28). The van der Waals surface area contributed by atoms with Gasteiger partial charge in [0, 0.05) is 36.0 Å². The first kappa shape index (κ1) is 18.4. The van der Waals surface area contributed by atoms with E-state index in [0.717, 1.165) is 35.5 Å². The van der Waals surface area contributed by atoms with Crippen molar-refractivity contribution in [3.05, 3.63) is 53.3 Å². The molecule has 1 fully saturated rings. The van der Waals surface area contributed by atoms with Gasteiger partial charge >= 0.3 is 0 Å². The number of pyridine rings is 1. The number of aromatic nitrogens is 4. The highest BCUT2D eigenvalue weighted by atomic mass is 16.5. The highest BCUT2D eigenvalue weighted by Crippen LogP contribution is 2.41. The van der Waals surface area contributed by atoms with Crippen molar-refractivity contribution < 1.29 is 14.1 Å². The Balaban J connectivity index is 1.62. The van der Waals surface area contributed by atoms with Crippen molar-refractivity contribution in [2.75, 3.05) is 12.4 Å². The summed E-state index contributed by atoms with van der Waals surface area (Å²) in [6.07, 6.45) is 2.14. The van der Waals surface area contributed by atoms with Gasteiger partial charge in [0.15, 0.2) is 5.82 Å². The molecule has 1 aliphatic carbocycles. The van der Waals surface area contributed by atoms with Crippen molar-refractivity contribution in [1.29, 1.82) is 0 Å². The molecule has 3 aromatic heterocycles. The molecule has 5 rings (SSSR count). The van der Waals surface area contributed by atoms with Crippen molar-refractivity contribution in [2.45, 2.75) is 25.7 Å². The van der Waals surface area contributed by atoms with Crippen LogP contribution in [0.5, 0.6) is 5.75 Å². The van der Waals surface area contributed by atoms with E-state index in [0.29, 0.717) is 34.1 Å². The van der Waals surface area contributed by atoms with E-state index < -0.39 is 0 Å². The number of carbonyl (C=O) groups is 1. The maximum absolute atomic E-state index is 13.2. The molecule has 1 aromatic carbocycles. The monoisotopic (exact) mass is 403 g/mol. The van der Waals surface area contributed by atoms with Gasteiger partial charge in [0.25, 0.3) is 11.6 Å². The number of hydrogen-bond donors (Lipinski definition) is 1. The number of amides is 1. The normalized spacial score (nSPS) is 13.6. The lowest BCUT2D eigenvalue weighted by atomic mass is 10.0. The fourth-order valence-corrected chi connectivity index (χ4v) is 3.49. The molecule has 30 heavy (non-hydrogen) atoms. The second-order valence-electron chi connectivity index (χ2n) is 7.56. The molecule has 0 unspecified atom stereocenters. The van der Waals surface area contributed by atoms with E-state index in [4.69, 9.17) is 9.26 Å². The van der Waals surface area contributed by atoms with Crippen LogP contribution in [0.2, 0.25) is 0 Å². The Morgan fingerprint density at radius 1 is 1.23 bits per heavy atom. The van der Waals surface area contributed by atoms with Gasteiger partial charge in [0.2, 0.25) is 0 Å². The van der Waals surface area contributed by atoms with Crippen LogP contribution in [0.3, 0.4) is 0 Å². The van der Waals surface area contributed by atoms with Crippen LogP contribution >= 0.6 is 0 Å². The van der Waals surface area contributed by atoms with E-state index in [-0.39, 0.29) is 5.91 Å². The van der Waals surface area contributed by atoms with Crippen LogP contribution in [0.15, 0.2) is 40.9 Å². The van der Waals surface area contributed by atoms with Gasteiger partial charge in [-0.15, -0.1) is 0 Å². The first-order chi connectivity index (χ1) is 14.5. The number of methoxy groups -OCH3 is 1. The van der Waals surface area contributed by atoms with Crippen LogP contribution in [-0.2, 0) is 7.05 Å². The van der Waals surface area contributed by atoms with Crippen molar-refractivity contribution >= 4 is 22.8 Å². The molecule has 1 N–H and O–H groups in total. The number of fused-ring (bicyclic) bond motifs is 1. The van der Waals surface area contributed by atoms with Crippen LogP contribution in [0.4, 0.5) is 5.82 Å². The fourth-order valence-electron chi connectivity index (χ4n) is 3.49. The molecule has 3 heterocycles. The zero-order valence-electron chi connectivity index (χ0n) is 17.0. The summed E-state index contributed by atoms with van der Waals surface area (Å²) in [7, 11) is 3.45. The van der Waals surface area contributed by atoms with Gasteiger partial charge in [-0.1, -0.05) is 5.16 Å². The number of ether oxygens (including phenoxy) is 1. The smallest absolute Gasteiger partial charge is 0.259 e. The number of anilines is 1. The van der Waals surface area contributed by atoms with E-state index in [9.17, 15) is 4.79 Å². The summed E-state index contributed by atoms with van der Waals surface area (Å²) in [5.74, 6) is 1.34. The lowest BCUT2D eigenvalue weighted by Gasteiger charge is -2.07. The zero-order valence-corrected chi connectivity index (χ0v) is 17.0. The molecule has 4 aromatic rings. The van der Waals surface area contributed by atoms with E-state index in [1.165, 1.54) is 0 Å². The van der Waals surface area contributed by atoms with Crippen molar-refractivity contribution in [2.24, 2.45) is 7.05 Å². The maximum Gasteiger partial charge on any atom is 0.259 e. The summed E-state index contributed by atoms with van der Waals surface area (Å²) in [5, 5.41) is 12.1. The van der Waals surface area contributed by atoms with E-state index in [1.54, 1.807) is 11.8 Å². The molecular formula is C22H21N5O3. The summed E-state index contributed by atoms with van der Waals surface area (Å²) < 4.78 is 12.5. The molecular weight excluding hydrogens is 382 g/mol. The molecule has 1 amide bonds. The quantitative estimate of drug-likeness (QED) is 0.540. The molecule has 8 nitrogen and oxygen atoms in total. The minimum Gasteiger partial charge on any atom is -0.497 e. The number of nitrogens with one attached hydrogen (secondary N) is 1. The lowest BCUT2D eigenvalue weighted by Crippen LogP contribution is -2.14. The summed E-state index contributed by atoms with van der Waals surface area (Å²) in [4.78, 5) is 17.9. The van der Waals surface area contributed by atoms with Crippen molar-refractivity contribution in [3.8, 4) is 17.0 Å². The Morgan fingerprint density at radius 3 is 2.63 bits per heavy atom. The second-order valence-corrected chi connectivity index (χ2v) is 7.56. The molecule has 0 bridgehead atoms. The highest BCUT2D eigenvalue weighted by molar-refractivity contribution is 6.14. The van der Waals surface area contributed by atoms with Crippen LogP contribution in [0, 0.1) is 6.92 Å². The average Bonchev–Trinajstić information content (AvgIpc) is 3.44. The zero-order chi connectivity index (χ0) is 20.8. The minimum absolute atomic E-state index is 0.264. The van der Waals surface area contributed by atoms with E-state index >= 15 is 0 Å². The Hall–Kier alpha value is -3.68. The summed E-state index contributed by atoms with van der Waals surface area (Å²) >= 11 is 0. The van der Waals surface area contributed by atoms with Gasteiger partial charge in [0.05, 0.1) is 18.1 Å². The first-order valence-corrected chi connectivity index (χ1v) is 9.80. The summed E-state index contributed by atoms with van der Waals surface area (Å²) in [6, 6.07) is 11.1. The van der Waals surface area contributed by atoms with Crippen LogP contribution in [-0.4, -0.2) is 32.9 Å². The van der Waals surface area contributed by atoms with Crippen molar-refractivity contribution in [1.82, 2.24) is 19.9 Å². The molecule has 1 saturated carbocycles. The Labute approximate surface area is 172 Å². The van der Waals surface area contributed by atoms with Crippen LogP contribution in [0.25, 0.3) is 22.4 Å². The minimum atomic E-state index is -0.264. The summed E-state index contributed by atoms with van der Waals surface area (Å²) in [6.45, 7) is 1.93. The maximum atomic E-state index is 13.2. The van der Waals surface area contributed by atoms with Gasteiger partial charge in [-0.25, -0.2) is 4.98 Å². The first-order valence-electron chi connectivity index (χ1n) is 9.80. The van der Waals surface area contributed by atoms with Gasteiger partial charge in [-0.3, -0.25) is 9.48 Å². The average molecular weight is 403 g/mol. The molecule has 0 saturated heterocycles. The molecule has 0 radical (unpaired) electrons. The number of benzene rings is 1. The second kappa shape index (κ2) is 6.98. The fraction of sp³-hybridized carbons (Fsp3) is 0.273. The number of rotatable bonds is 5. The van der Waals surface area contributed by atoms with E-state index in [1.807, 2.05) is 50.4 Å².